The first-order valence-corrected chi connectivity index (χ1v) is 7.94. The summed E-state index contributed by atoms with van der Waals surface area (Å²) in [5, 5.41) is 17.7. The molecule has 3 rings (SSSR count). The zero-order valence-electron chi connectivity index (χ0n) is 13.7. The number of ketones is 1. The highest BCUT2D eigenvalue weighted by Gasteiger charge is 2.43. The smallest absolute Gasteiger partial charge is 0.205 e. The Labute approximate surface area is 136 Å². The van der Waals surface area contributed by atoms with Crippen LogP contribution in [-0.2, 0) is 9.53 Å². The van der Waals surface area contributed by atoms with Crippen LogP contribution >= 0.6 is 0 Å². The van der Waals surface area contributed by atoms with Gasteiger partial charge in [0.1, 0.15) is 11.7 Å². The van der Waals surface area contributed by atoms with Gasteiger partial charge < -0.3 is 4.74 Å². The summed E-state index contributed by atoms with van der Waals surface area (Å²) in [6.07, 6.45) is 1.91. The normalized spacial score (nSPS) is 24.1. The van der Waals surface area contributed by atoms with Gasteiger partial charge in [-0.05, 0) is 43.9 Å². The van der Waals surface area contributed by atoms with E-state index in [1.165, 1.54) is 0 Å². The van der Waals surface area contributed by atoms with Crippen molar-refractivity contribution in [3.63, 3.8) is 0 Å². The number of rotatable bonds is 1. The van der Waals surface area contributed by atoms with Crippen molar-refractivity contribution in [2.24, 2.45) is 5.92 Å². The van der Waals surface area contributed by atoms with Crippen molar-refractivity contribution < 1.29 is 9.53 Å². The molecule has 1 heterocycles. The fraction of sp³-hybridized carbons (Fsp3) is 0.421. The lowest BCUT2D eigenvalue weighted by Gasteiger charge is -2.35. The predicted molar refractivity (Wildman–Crippen MR) is 87.2 cm³/mol. The summed E-state index contributed by atoms with van der Waals surface area (Å²) in [7, 11) is 0. The molecule has 0 aromatic heterocycles. The number of carbonyl (C=O) groups is 1. The molecule has 4 heteroatoms. The Hall–Kier alpha value is -2.41. The number of allylic oxidation sites excluding steroid dienone is 2. The lowest BCUT2D eigenvalue weighted by molar-refractivity contribution is -0.116. The topological polar surface area (TPSA) is 73.9 Å². The van der Waals surface area contributed by atoms with Gasteiger partial charge in [0.25, 0.3) is 0 Å². The Morgan fingerprint density at radius 3 is 2.48 bits per heavy atom. The Morgan fingerprint density at radius 1 is 1.22 bits per heavy atom. The molecule has 0 spiro atoms. The first-order valence-electron chi connectivity index (χ1n) is 7.94. The molecule has 0 amide bonds. The van der Waals surface area contributed by atoms with Crippen molar-refractivity contribution in [1.82, 2.24) is 0 Å². The van der Waals surface area contributed by atoms with Crippen molar-refractivity contribution in [1.29, 1.82) is 10.7 Å². The fourth-order valence-corrected chi connectivity index (χ4v) is 3.93. The van der Waals surface area contributed by atoms with Gasteiger partial charge in [0, 0.05) is 24.3 Å². The molecule has 0 saturated carbocycles. The molecule has 2 unspecified atom stereocenters. The maximum atomic E-state index is 12.6. The molecular formula is C19H20N2O2. The number of aryl methyl sites for hydroxylation is 3. The van der Waals surface area contributed by atoms with Gasteiger partial charge >= 0.3 is 0 Å². The van der Waals surface area contributed by atoms with Crippen molar-refractivity contribution in [3.05, 3.63) is 45.7 Å². The van der Waals surface area contributed by atoms with Crippen LogP contribution in [0.2, 0.25) is 0 Å². The summed E-state index contributed by atoms with van der Waals surface area (Å²) < 4.78 is 5.54. The molecule has 2 aliphatic rings. The van der Waals surface area contributed by atoms with Gasteiger partial charge in [0.15, 0.2) is 5.78 Å². The largest absolute Gasteiger partial charge is 0.446 e. The van der Waals surface area contributed by atoms with Crippen LogP contribution in [0.25, 0.3) is 0 Å². The van der Waals surface area contributed by atoms with Gasteiger partial charge in [0.2, 0.25) is 5.90 Å². The van der Waals surface area contributed by atoms with Gasteiger partial charge in [-0.2, -0.15) is 5.26 Å². The standard InChI is InChI=1S/C19H20N2O2/c1-10-7-11(2)16(12(3)8-10)17-13(9-20)19(21)23-15-6-4-5-14(22)18(15)17/h7-8,13,17,21H,4-6H2,1-3H3. The highest BCUT2D eigenvalue weighted by atomic mass is 16.5. The predicted octanol–water partition coefficient (Wildman–Crippen LogP) is 3.85. The average Bonchev–Trinajstić information content (AvgIpc) is 2.46. The molecule has 4 nitrogen and oxygen atoms in total. The molecule has 1 N–H and O–H groups in total. The van der Waals surface area contributed by atoms with Crippen LogP contribution in [0.1, 0.15) is 47.4 Å². The third-order valence-corrected chi connectivity index (χ3v) is 4.76. The number of ether oxygens (including phenoxy) is 1. The van der Waals surface area contributed by atoms with E-state index in [-0.39, 0.29) is 17.6 Å². The van der Waals surface area contributed by atoms with Crippen molar-refractivity contribution >= 4 is 11.7 Å². The molecule has 0 bridgehead atoms. The van der Waals surface area contributed by atoms with Crippen LogP contribution in [0, 0.1) is 43.4 Å². The second kappa shape index (κ2) is 5.66. The summed E-state index contributed by atoms with van der Waals surface area (Å²) in [6.45, 7) is 6.06. The average molecular weight is 308 g/mol. The zero-order valence-corrected chi connectivity index (χ0v) is 13.7. The highest BCUT2D eigenvalue weighted by molar-refractivity contribution is 6.01. The molecular weight excluding hydrogens is 288 g/mol. The summed E-state index contributed by atoms with van der Waals surface area (Å²) in [6, 6.07) is 6.33. The van der Waals surface area contributed by atoms with Gasteiger partial charge in [-0.15, -0.1) is 0 Å². The van der Waals surface area contributed by atoms with E-state index in [0.29, 0.717) is 24.2 Å². The quantitative estimate of drug-likeness (QED) is 0.856. The number of hydrogen-bond acceptors (Lipinski definition) is 4. The minimum atomic E-state index is -0.740. The van der Waals surface area contributed by atoms with Crippen LogP contribution in [0.3, 0.4) is 0 Å². The highest BCUT2D eigenvalue weighted by Crippen LogP contribution is 2.45. The van der Waals surface area contributed by atoms with E-state index < -0.39 is 5.92 Å². The van der Waals surface area contributed by atoms with Crippen molar-refractivity contribution in [2.75, 3.05) is 0 Å². The Morgan fingerprint density at radius 2 is 1.87 bits per heavy atom. The van der Waals surface area contributed by atoms with E-state index in [2.05, 4.69) is 18.2 Å². The van der Waals surface area contributed by atoms with E-state index in [9.17, 15) is 10.1 Å². The molecule has 1 aromatic rings. The minimum Gasteiger partial charge on any atom is -0.446 e. The Bertz CT molecular complexity index is 760. The molecule has 118 valence electrons. The SMILES string of the molecule is Cc1cc(C)c(C2C3=C(CCCC3=O)OC(=N)C2C#N)c(C)c1. The number of carbonyl (C=O) groups excluding carboxylic acids is 1. The fourth-order valence-electron chi connectivity index (χ4n) is 3.93. The van der Waals surface area contributed by atoms with Crippen LogP contribution < -0.4 is 0 Å². The monoisotopic (exact) mass is 308 g/mol. The summed E-state index contributed by atoms with van der Waals surface area (Å²) in [5.74, 6) is -0.503. The molecule has 23 heavy (non-hydrogen) atoms. The van der Waals surface area contributed by atoms with Crippen LogP contribution in [-0.4, -0.2) is 11.7 Å². The molecule has 1 aliphatic carbocycles. The molecule has 0 saturated heterocycles. The zero-order chi connectivity index (χ0) is 16.7. The van der Waals surface area contributed by atoms with Crippen LogP contribution in [0.15, 0.2) is 23.5 Å². The van der Waals surface area contributed by atoms with Gasteiger partial charge in [-0.25, -0.2) is 0 Å². The number of nitrogens with zero attached hydrogens (tertiary/aromatic N) is 1. The number of benzene rings is 1. The summed E-state index contributed by atoms with van der Waals surface area (Å²) in [5.41, 5.74) is 4.90. The van der Waals surface area contributed by atoms with Gasteiger partial charge in [-0.3, -0.25) is 10.2 Å². The van der Waals surface area contributed by atoms with Crippen LogP contribution in [0.5, 0.6) is 0 Å². The lowest BCUT2D eigenvalue weighted by Crippen LogP contribution is -2.35. The lowest BCUT2D eigenvalue weighted by atomic mass is 9.72. The van der Waals surface area contributed by atoms with Crippen molar-refractivity contribution in [3.8, 4) is 6.07 Å². The molecule has 1 aliphatic heterocycles. The number of nitrogens with one attached hydrogen (secondary N) is 1. The minimum absolute atomic E-state index is 0.0367. The van der Waals surface area contributed by atoms with Gasteiger partial charge in [-0.1, -0.05) is 17.7 Å². The summed E-state index contributed by atoms with van der Waals surface area (Å²) >= 11 is 0. The van der Waals surface area contributed by atoms with E-state index in [1.54, 1.807) is 0 Å². The molecule has 0 radical (unpaired) electrons. The molecule has 2 atom stereocenters. The molecule has 1 aromatic carbocycles. The third-order valence-electron chi connectivity index (χ3n) is 4.76. The van der Waals surface area contributed by atoms with E-state index >= 15 is 0 Å². The first kappa shape index (κ1) is 15.5. The van der Waals surface area contributed by atoms with Crippen LogP contribution in [0.4, 0.5) is 0 Å². The Balaban J connectivity index is 2.27. The third kappa shape index (κ3) is 2.46. The molecule has 0 fully saturated rings. The number of Topliss-reactive ketones (excluding diaryl/α,β-unsaturated/α-hetero) is 1. The maximum absolute atomic E-state index is 12.6. The second-order valence-electron chi connectivity index (χ2n) is 6.48. The van der Waals surface area contributed by atoms with Crippen molar-refractivity contribution in [2.45, 2.75) is 46.0 Å². The van der Waals surface area contributed by atoms with E-state index in [1.807, 2.05) is 20.8 Å². The number of nitriles is 1. The second-order valence-corrected chi connectivity index (χ2v) is 6.48. The van der Waals surface area contributed by atoms with Gasteiger partial charge in [0.05, 0.1) is 6.07 Å². The maximum Gasteiger partial charge on any atom is 0.205 e. The summed E-state index contributed by atoms with van der Waals surface area (Å²) in [4.78, 5) is 12.6. The number of hydrogen-bond donors (Lipinski definition) is 1. The Kier molecular flexibility index (Phi) is 3.81. The first-order chi connectivity index (χ1) is 10.9. The van der Waals surface area contributed by atoms with E-state index in [4.69, 9.17) is 10.1 Å². The van der Waals surface area contributed by atoms with E-state index in [0.717, 1.165) is 28.7 Å².